The average molecular weight is 269 g/mol. The van der Waals surface area contributed by atoms with Gasteiger partial charge in [-0.1, -0.05) is 17.7 Å². The van der Waals surface area contributed by atoms with E-state index in [9.17, 15) is 18.0 Å². The van der Waals surface area contributed by atoms with E-state index in [-0.39, 0.29) is 11.4 Å². The second kappa shape index (κ2) is 5.27. The van der Waals surface area contributed by atoms with E-state index in [0.29, 0.717) is 5.56 Å². The van der Waals surface area contributed by atoms with Crippen LogP contribution >= 0.6 is 11.6 Å². The minimum absolute atomic E-state index is 0.0113. The molecule has 0 aliphatic rings. The zero-order valence-corrected chi connectivity index (χ0v) is 9.43. The van der Waals surface area contributed by atoms with Crippen LogP contribution in [0, 0.1) is 0 Å². The lowest BCUT2D eigenvalue weighted by Crippen LogP contribution is -2.17. The van der Waals surface area contributed by atoms with Crippen LogP contribution in [0.15, 0.2) is 18.2 Å². The number of ether oxygens (including phenoxy) is 2. The van der Waals surface area contributed by atoms with Crippen LogP contribution < -0.4 is 4.74 Å². The van der Waals surface area contributed by atoms with Gasteiger partial charge in [0, 0.05) is 5.02 Å². The number of hydrogen-bond donors (Lipinski definition) is 0. The van der Waals surface area contributed by atoms with E-state index in [0.717, 1.165) is 12.1 Å². The predicted octanol–water partition coefficient (Wildman–Crippen LogP) is 2.95. The van der Waals surface area contributed by atoms with Gasteiger partial charge in [0.25, 0.3) is 0 Å². The first-order valence-corrected chi connectivity index (χ1v) is 4.80. The molecule has 0 amide bonds. The summed E-state index contributed by atoms with van der Waals surface area (Å²) in [4.78, 5) is 11.0. The van der Waals surface area contributed by atoms with Gasteiger partial charge >= 0.3 is 12.3 Å². The van der Waals surface area contributed by atoms with E-state index in [1.54, 1.807) is 0 Å². The molecule has 0 aliphatic heterocycles. The van der Waals surface area contributed by atoms with Crippen molar-refractivity contribution in [3.05, 3.63) is 28.8 Å². The molecule has 17 heavy (non-hydrogen) atoms. The molecule has 0 atom stereocenters. The van der Waals surface area contributed by atoms with Gasteiger partial charge < -0.3 is 9.47 Å². The normalized spacial score (nSPS) is 11.1. The monoisotopic (exact) mass is 268 g/mol. The third-order valence-electron chi connectivity index (χ3n) is 1.82. The van der Waals surface area contributed by atoms with Gasteiger partial charge in [-0.05, 0) is 17.7 Å². The molecule has 0 heterocycles. The molecule has 0 bridgehead atoms. The van der Waals surface area contributed by atoms with Gasteiger partial charge in [0.1, 0.15) is 5.75 Å². The lowest BCUT2D eigenvalue weighted by molar-refractivity contribution is -0.274. The first kappa shape index (κ1) is 13.6. The van der Waals surface area contributed by atoms with Crippen LogP contribution in [0.1, 0.15) is 5.56 Å². The molecule has 0 fully saturated rings. The summed E-state index contributed by atoms with van der Waals surface area (Å²) in [5.74, 6) is -0.965. The molecule has 7 heteroatoms. The first-order chi connectivity index (χ1) is 7.81. The van der Waals surface area contributed by atoms with Crippen LogP contribution in [0.3, 0.4) is 0 Å². The van der Waals surface area contributed by atoms with Gasteiger partial charge in [0.15, 0.2) is 0 Å². The SMILES string of the molecule is COC(=O)Cc1ccc(OC(F)(F)F)cc1Cl. The molecular formula is C10H8ClF3O3. The fourth-order valence-corrected chi connectivity index (χ4v) is 1.33. The molecule has 1 aromatic rings. The van der Waals surface area contributed by atoms with Crippen molar-refractivity contribution < 1.29 is 27.4 Å². The second-order valence-corrected chi connectivity index (χ2v) is 3.46. The van der Waals surface area contributed by atoms with Crippen molar-refractivity contribution in [3.63, 3.8) is 0 Å². The molecule has 1 aromatic carbocycles. The molecule has 0 saturated carbocycles. The smallest absolute Gasteiger partial charge is 0.469 e. The van der Waals surface area contributed by atoms with E-state index in [4.69, 9.17) is 11.6 Å². The number of methoxy groups -OCH3 is 1. The molecule has 0 spiro atoms. The van der Waals surface area contributed by atoms with Crippen molar-refractivity contribution in [2.45, 2.75) is 12.8 Å². The quantitative estimate of drug-likeness (QED) is 0.791. The summed E-state index contributed by atoms with van der Waals surface area (Å²) in [6.07, 6.45) is -4.88. The van der Waals surface area contributed by atoms with Crippen molar-refractivity contribution in [2.75, 3.05) is 7.11 Å². The van der Waals surface area contributed by atoms with E-state index < -0.39 is 18.1 Å². The summed E-state index contributed by atoms with van der Waals surface area (Å²) in [5, 5.41) is 0.0113. The van der Waals surface area contributed by atoms with Gasteiger partial charge in [-0.3, -0.25) is 4.79 Å². The summed E-state index contributed by atoms with van der Waals surface area (Å²) >= 11 is 5.70. The number of halogens is 4. The first-order valence-electron chi connectivity index (χ1n) is 4.43. The summed E-state index contributed by atoms with van der Waals surface area (Å²) < 4.78 is 43.8. The maximum atomic E-state index is 11.9. The average Bonchev–Trinajstić information content (AvgIpc) is 2.19. The van der Waals surface area contributed by atoms with Crippen LogP contribution in [-0.2, 0) is 16.0 Å². The van der Waals surface area contributed by atoms with Gasteiger partial charge in [0.2, 0.25) is 0 Å². The standard InChI is InChI=1S/C10H8ClF3O3/c1-16-9(15)4-6-2-3-7(5-8(6)11)17-10(12,13)14/h2-3,5H,4H2,1H3. The highest BCUT2D eigenvalue weighted by Gasteiger charge is 2.31. The number of carbonyl (C=O) groups excluding carboxylic acids is 1. The molecule has 0 radical (unpaired) electrons. The van der Waals surface area contributed by atoms with Crippen LogP contribution in [0.2, 0.25) is 5.02 Å². The molecule has 0 aliphatic carbocycles. The highest BCUT2D eigenvalue weighted by atomic mass is 35.5. The maximum absolute atomic E-state index is 11.9. The lowest BCUT2D eigenvalue weighted by atomic mass is 10.1. The summed E-state index contributed by atoms with van der Waals surface area (Å²) in [6, 6.07) is 3.35. The lowest BCUT2D eigenvalue weighted by Gasteiger charge is -2.10. The molecule has 0 N–H and O–H groups in total. The van der Waals surface area contributed by atoms with Crippen molar-refractivity contribution in [3.8, 4) is 5.75 Å². The molecule has 3 nitrogen and oxygen atoms in total. The molecule has 0 aromatic heterocycles. The molecule has 0 unspecified atom stereocenters. The molecule has 94 valence electrons. The number of hydrogen-bond acceptors (Lipinski definition) is 3. The Balaban J connectivity index is 2.83. The van der Waals surface area contributed by atoms with Crippen LogP contribution in [0.4, 0.5) is 13.2 Å². The Labute approximate surface area is 100 Å². The maximum Gasteiger partial charge on any atom is 0.573 e. The fraction of sp³-hybridized carbons (Fsp3) is 0.300. The highest BCUT2D eigenvalue weighted by molar-refractivity contribution is 6.31. The van der Waals surface area contributed by atoms with E-state index >= 15 is 0 Å². The Morgan fingerprint density at radius 1 is 1.41 bits per heavy atom. The largest absolute Gasteiger partial charge is 0.573 e. The number of esters is 1. The van der Waals surface area contributed by atoms with Gasteiger partial charge in [-0.2, -0.15) is 0 Å². The van der Waals surface area contributed by atoms with Gasteiger partial charge in [-0.15, -0.1) is 13.2 Å². The summed E-state index contributed by atoms with van der Waals surface area (Å²) in [6.45, 7) is 0. The zero-order chi connectivity index (χ0) is 13.1. The number of rotatable bonds is 3. The third-order valence-corrected chi connectivity index (χ3v) is 2.17. The van der Waals surface area contributed by atoms with E-state index in [1.165, 1.54) is 13.2 Å². The molecule has 0 saturated heterocycles. The number of alkyl halides is 3. The topological polar surface area (TPSA) is 35.5 Å². The number of benzene rings is 1. The molecular weight excluding hydrogens is 261 g/mol. The summed E-state index contributed by atoms with van der Waals surface area (Å²) in [7, 11) is 1.21. The Hall–Kier alpha value is -1.43. The summed E-state index contributed by atoms with van der Waals surface area (Å²) in [5.41, 5.74) is 0.369. The Morgan fingerprint density at radius 3 is 2.53 bits per heavy atom. The highest BCUT2D eigenvalue weighted by Crippen LogP contribution is 2.27. The van der Waals surface area contributed by atoms with Crippen molar-refractivity contribution in [1.29, 1.82) is 0 Å². The van der Waals surface area contributed by atoms with Crippen molar-refractivity contribution >= 4 is 17.6 Å². The zero-order valence-electron chi connectivity index (χ0n) is 8.68. The van der Waals surface area contributed by atoms with Gasteiger partial charge in [-0.25, -0.2) is 0 Å². The minimum atomic E-state index is -4.77. The predicted molar refractivity (Wildman–Crippen MR) is 53.9 cm³/mol. The van der Waals surface area contributed by atoms with E-state index in [1.807, 2.05) is 0 Å². The Morgan fingerprint density at radius 2 is 2.06 bits per heavy atom. The Kier molecular flexibility index (Phi) is 4.22. The molecule has 1 rings (SSSR count). The number of carbonyl (C=O) groups is 1. The van der Waals surface area contributed by atoms with Crippen LogP contribution in [0.25, 0.3) is 0 Å². The van der Waals surface area contributed by atoms with Crippen LogP contribution in [0.5, 0.6) is 5.75 Å². The Bertz CT molecular complexity index is 418. The van der Waals surface area contributed by atoms with Gasteiger partial charge in [0.05, 0.1) is 13.5 Å². The minimum Gasteiger partial charge on any atom is -0.469 e. The van der Waals surface area contributed by atoms with Crippen molar-refractivity contribution in [2.24, 2.45) is 0 Å². The fourth-order valence-electron chi connectivity index (χ4n) is 1.10. The van der Waals surface area contributed by atoms with E-state index in [2.05, 4.69) is 9.47 Å². The second-order valence-electron chi connectivity index (χ2n) is 3.05. The van der Waals surface area contributed by atoms with Crippen LogP contribution in [-0.4, -0.2) is 19.4 Å². The van der Waals surface area contributed by atoms with Crippen molar-refractivity contribution in [1.82, 2.24) is 0 Å². The third kappa shape index (κ3) is 4.52.